The van der Waals surface area contributed by atoms with Gasteiger partial charge in [-0.2, -0.15) is 13.2 Å². The van der Waals surface area contributed by atoms with Crippen LogP contribution in [0.1, 0.15) is 13.8 Å². The predicted octanol–water partition coefficient (Wildman–Crippen LogP) is 0.953. The molecule has 0 rings (SSSR count). The summed E-state index contributed by atoms with van der Waals surface area (Å²) in [6, 6.07) is 0. The normalized spacial score (nSPS) is 15.3. The maximum absolute atomic E-state index is 11.6. The quantitative estimate of drug-likeness (QED) is 0.705. The minimum absolute atomic E-state index is 0.904. The minimum Gasteiger partial charge on any atom is -0.481 e. The van der Waals surface area contributed by atoms with Crippen molar-refractivity contribution < 1.29 is 32.7 Å². The van der Waals surface area contributed by atoms with Crippen molar-refractivity contribution in [3.05, 3.63) is 0 Å². The molecule has 16 heavy (non-hydrogen) atoms. The molecule has 1 amide bonds. The van der Waals surface area contributed by atoms with Gasteiger partial charge in [0.2, 0.25) is 5.91 Å². The van der Waals surface area contributed by atoms with E-state index < -0.39 is 36.5 Å². The van der Waals surface area contributed by atoms with Crippen LogP contribution in [0.15, 0.2) is 0 Å². The van der Waals surface area contributed by atoms with E-state index in [0.717, 1.165) is 0 Å². The van der Waals surface area contributed by atoms with E-state index in [4.69, 9.17) is 5.11 Å². The molecule has 0 radical (unpaired) electrons. The van der Waals surface area contributed by atoms with Gasteiger partial charge in [-0.1, -0.05) is 13.8 Å². The highest BCUT2D eigenvalue weighted by Crippen LogP contribution is 2.14. The number of carbonyl (C=O) groups excluding carboxylic acids is 1. The molecule has 0 aromatic rings. The first kappa shape index (κ1) is 14.7. The van der Waals surface area contributed by atoms with Crippen molar-refractivity contribution in [2.45, 2.75) is 20.0 Å². The Balaban J connectivity index is 4.03. The lowest BCUT2D eigenvalue weighted by Gasteiger charge is -2.15. The molecule has 0 aromatic heterocycles. The number of amides is 1. The molecule has 0 bridgehead atoms. The zero-order valence-electron chi connectivity index (χ0n) is 8.67. The summed E-state index contributed by atoms with van der Waals surface area (Å²) in [4.78, 5) is 25.5. The van der Waals surface area contributed by atoms with Gasteiger partial charge in [-0.25, -0.2) is 5.48 Å². The van der Waals surface area contributed by atoms with Crippen molar-refractivity contribution in [1.82, 2.24) is 5.48 Å². The molecule has 0 heterocycles. The van der Waals surface area contributed by atoms with Gasteiger partial charge in [-0.15, -0.1) is 0 Å². The van der Waals surface area contributed by atoms with Gasteiger partial charge >= 0.3 is 12.1 Å². The van der Waals surface area contributed by atoms with Gasteiger partial charge in [0, 0.05) is 0 Å². The average Bonchev–Trinajstić information content (AvgIpc) is 2.13. The fraction of sp³-hybridized carbons (Fsp3) is 0.750. The Kier molecular flexibility index (Phi) is 5.22. The monoisotopic (exact) mass is 243 g/mol. The van der Waals surface area contributed by atoms with E-state index in [1.807, 2.05) is 0 Å². The summed E-state index contributed by atoms with van der Waals surface area (Å²) in [5.41, 5.74) is 1.55. The van der Waals surface area contributed by atoms with Crippen LogP contribution in [0.5, 0.6) is 0 Å². The summed E-state index contributed by atoms with van der Waals surface area (Å²) in [5, 5.41) is 8.56. The third-order valence-corrected chi connectivity index (χ3v) is 1.96. The first-order valence-corrected chi connectivity index (χ1v) is 4.36. The van der Waals surface area contributed by atoms with Gasteiger partial charge in [0.15, 0.2) is 6.61 Å². The number of hydroxylamine groups is 1. The highest BCUT2D eigenvalue weighted by atomic mass is 19.4. The molecule has 2 unspecified atom stereocenters. The minimum atomic E-state index is -4.55. The van der Waals surface area contributed by atoms with E-state index in [-0.39, 0.29) is 0 Å². The smallest absolute Gasteiger partial charge is 0.414 e. The van der Waals surface area contributed by atoms with Gasteiger partial charge in [0.25, 0.3) is 0 Å². The van der Waals surface area contributed by atoms with E-state index in [2.05, 4.69) is 4.84 Å². The van der Waals surface area contributed by atoms with Crippen LogP contribution in [-0.2, 0) is 14.4 Å². The molecule has 0 spiro atoms. The van der Waals surface area contributed by atoms with E-state index >= 15 is 0 Å². The number of hydrogen-bond donors (Lipinski definition) is 2. The number of hydrogen-bond acceptors (Lipinski definition) is 3. The molecule has 0 saturated heterocycles. The number of carbonyl (C=O) groups is 2. The van der Waals surface area contributed by atoms with Crippen molar-refractivity contribution in [2.75, 3.05) is 6.61 Å². The molecule has 2 atom stereocenters. The zero-order chi connectivity index (χ0) is 12.9. The van der Waals surface area contributed by atoms with Crippen LogP contribution in [0.25, 0.3) is 0 Å². The molecule has 0 aliphatic heterocycles. The first-order valence-electron chi connectivity index (χ1n) is 4.36. The number of carboxylic acid groups (broad SMARTS) is 1. The number of carboxylic acids is 1. The van der Waals surface area contributed by atoms with Crippen LogP contribution in [-0.4, -0.2) is 29.8 Å². The molecule has 5 nitrogen and oxygen atoms in total. The van der Waals surface area contributed by atoms with Gasteiger partial charge in [-0.05, 0) is 0 Å². The lowest BCUT2D eigenvalue weighted by Crippen LogP contribution is -2.37. The Morgan fingerprint density at radius 3 is 2.19 bits per heavy atom. The average molecular weight is 243 g/mol. The van der Waals surface area contributed by atoms with Crippen molar-refractivity contribution in [3.8, 4) is 0 Å². The standard InChI is InChI=1S/C8H12F3NO4/c1-4(5(2)7(14)15)6(13)12-16-3-8(9,10)11/h4-5H,3H2,1-2H3,(H,12,13)(H,14,15). The lowest BCUT2D eigenvalue weighted by molar-refractivity contribution is -0.193. The number of aliphatic carboxylic acids is 1. The lowest BCUT2D eigenvalue weighted by atomic mass is 9.96. The fourth-order valence-corrected chi connectivity index (χ4v) is 0.723. The van der Waals surface area contributed by atoms with E-state index in [1.165, 1.54) is 13.8 Å². The van der Waals surface area contributed by atoms with Gasteiger partial charge < -0.3 is 5.11 Å². The second-order valence-electron chi connectivity index (χ2n) is 3.29. The molecular formula is C8H12F3NO4. The Labute approximate surface area is 89.5 Å². The van der Waals surface area contributed by atoms with Crippen LogP contribution in [0.4, 0.5) is 13.2 Å². The molecular weight excluding hydrogens is 231 g/mol. The predicted molar refractivity (Wildman–Crippen MR) is 46.1 cm³/mol. The zero-order valence-corrected chi connectivity index (χ0v) is 8.67. The molecule has 8 heteroatoms. The molecule has 0 aromatic carbocycles. The molecule has 0 aliphatic carbocycles. The van der Waals surface area contributed by atoms with Crippen molar-refractivity contribution >= 4 is 11.9 Å². The third-order valence-electron chi connectivity index (χ3n) is 1.96. The molecule has 2 N–H and O–H groups in total. The summed E-state index contributed by atoms with van der Waals surface area (Å²) in [5.74, 6) is -4.10. The molecule has 0 aliphatic rings. The number of alkyl halides is 3. The maximum Gasteiger partial charge on any atom is 0.414 e. The Bertz CT molecular complexity index is 266. The second-order valence-corrected chi connectivity index (χ2v) is 3.29. The summed E-state index contributed by atoms with van der Waals surface area (Å²) >= 11 is 0. The molecule has 94 valence electrons. The highest BCUT2D eigenvalue weighted by Gasteiger charge is 2.30. The number of rotatable bonds is 5. The summed E-state index contributed by atoms with van der Waals surface area (Å²) in [7, 11) is 0. The third kappa shape index (κ3) is 5.54. The Morgan fingerprint density at radius 2 is 1.81 bits per heavy atom. The molecule has 0 saturated carbocycles. The highest BCUT2D eigenvalue weighted by molar-refractivity contribution is 5.83. The van der Waals surface area contributed by atoms with Crippen molar-refractivity contribution in [3.63, 3.8) is 0 Å². The maximum atomic E-state index is 11.6. The summed E-state index contributed by atoms with van der Waals surface area (Å²) in [6.45, 7) is 0.939. The van der Waals surface area contributed by atoms with E-state index in [0.29, 0.717) is 0 Å². The van der Waals surface area contributed by atoms with Gasteiger partial charge in [-0.3, -0.25) is 14.4 Å². The van der Waals surface area contributed by atoms with E-state index in [9.17, 15) is 22.8 Å². The largest absolute Gasteiger partial charge is 0.481 e. The number of halogens is 3. The topological polar surface area (TPSA) is 75.6 Å². The van der Waals surface area contributed by atoms with Crippen molar-refractivity contribution in [1.29, 1.82) is 0 Å². The van der Waals surface area contributed by atoms with Gasteiger partial charge in [0.1, 0.15) is 0 Å². The van der Waals surface area contributed by atoms with Crippen LogP contribution < -0.4 is 5.48 Å². The van der Waals surface area contributed by atoms with Crippen LogP contribution in [0.3, 0.4) is 0 Å². The van der Waals surface area contributed by atoms with E-state index in [1.54, 1.807) is 5.48 Å². The SMILES string of the molecule is CC(C(=O)O)C(C)C(=O)NOCC(F)(F)F. The first-order chi connectivity index (χ1) is 7.15. The Hall–Kier alpha value is -1.31. The summed E-state index contributed by atoms with van der Waals surface area (Å²) < 4.78 is 34.9. The summed E-state index contributed by atoms with van der Waals surface area (Å²) in [6.07, 6.45) is -4.55. The van der Waals surface area contributed by atoms with Crippen LogP contribution in [0, 0.1) is 11.8 Å². The van der Waals surface area contributed by atoms with Crippen LogP contribution in [0.2, 0.25) is 0 Å². The number of nitrogens with one attached hydrogen (secondary N) is 1. The Morgan fingerprint density at radius 1 is 1.31 bits per heavy atom. The van der Waals surface area contributed by atoms with Crippen LogP contribution >= 0.6 is 0 Å². The molecule has 0 fully saturated rings. The fourth-order valence-electron chi connectivity index (χ4n) is 0.723. The second kappa shape index (κ2) is 5.69. The van der Waals surface area contributed by atoms with Crippen molar-refractivity contribution in [2.24, 2.45) is 11.8 Å². The van der Waals surface area contributed by atoms with Gasteiger partial charge in [0.05, 0.1) is 11.8 Å².